The summed E-state index contributed by atoms with van der Waals surface area (Å²) in [5.41, 5.74) is -0.433. The Morgan fingerprint density at radius 1 is 1.33 bits per heavy atom. The molecule has 0 heterocycles. The van der Waals surface area contributed by atoms with Crippen molar-refractivity contribution in [2.45, 2.75) is 12.5 Å². The molecule has 2 rings (SSSR count). The minimum Gasteiger partial charge on any atom is -0.479 e. The predicted octanol–water partition coefficient (Wildman–Crippen LogP) is 4.65. The van der Waals surface area contributed by atoms with E-state index in [2.05, 4.69) is 21.2 Å². The molecular weight excluding hydrogens is 361 g/mol. The van der Waals surface area contributed by atoms with Crippen LogP contribution in [0.5, 0.6) is 0 Å². The van der Waals surface area contributed by atoms with Gasteiger partial charge in [0.2, 0.25) is 0 Å². The average molecular weight is 373 g/mol. The zero-order valence-corrected chi connectivity index (χ0v) is 13.4. The normalized spacial score (nSPS) is 13.5. The number of nitrogens with one attached hydrogen (secondary N) is 1. The maximum Gasteiger partial charge on any atom is 0.333 e. The molecule has 2 aromatic carbocycles. The van der Waals surface area contributed by atoms with E-state index in [0.717, 1.165) is 0 Å². The Bertz CT molecular complexity index is 695. The summed E-state index contributed by atoms with van der Waals surface area (Å²) in [6.45, 7) is 1.51. The third-order valence-corrected chi connectivity index (χ3v) is 3.99. The Balaban J connectivity index is 2.45. The maximum atomic E-state index is 13.3. The summed E-state index contributed by atoms with van der Waals surface area (Å²) in [4.78, 5) is 11.7. The van der Waals surface area contributed by atoms with Crippen LogP contribution >= 0.6 is 27.5 Å². The first-order valence-corrected chi connectivity index (χ1v) is 7.23. The van der Waals surface area contributed by atoms with Crippen molar-refractivity contribution < 1.29 is 14.3 Å². The molecule has 2 N–H and O–H groups in total. The number of benzene rings is 2. The van der Waals surface area contributed by atoms with Crippen LogP contribution in [0.1, 0.15) is 12.5 Å². The second-order valence-electron chi connectivity index (χ2n) is 4.69. The molecule has 0 aliphatic carbocycles. The monoisotopic (exact) mass is 371 g/mol. The number of aliphatic carboxylic acids is 1. The molecule has 0 radical (unpaired) electrons. The van der Waals surface area contributed by atoms with Gasteiger partial charge in [0.1, 0.15) is 5.82 Å². The Morgan fingerprint density at radius 2 is 2.05 bits per heavy atom. The van der Waals surface area contributed by atoms with Crippen LogP contribution in [0.3, 0.4) is 0 Å². The summed E-state index contributed by atoms with van der Waals surface area (Å²) < 4.78 is 13.5. The van der Waals surface area contributed by atoms with Crippen molar-refractivity contribution in [3.8, 4) is 0 Å². The lowest BCUT2D eigenvalue weighted by molar-refractivity contribution is -0.142. The first kappa shape index (κ1) is 15.8. The zero-order valence-electron chi connectivity index (χ0n) is 11.0. The maximum absolute atomic E-state index is 13.3. The van der Waals surface area contributed by atoms with E-state index in [9.17, 15) is 14.3 Å². The van der Waals surface area contributed by atoms with Gasteiger partial charge in [0.15, 0.2) is 5.54 Å². The molecule has 0 aromatic heterocycles. The lowest BCUT2D eigenvalue weighted by atomic mass is 9.91. The number of carboxylic acid groups (broad SMARTS) is 1. The number of anilines is 1. The molecule has 0 spiro atoms. The van der Waals surface area contributed by atoms with Crippen LogP contribution in [-0.4, -0.2) is 11.1 Å². The highest BCUT2D eigenvalue weighted by Gasteiger charge is 2.35. The van der Waals surface area contributed by atoms with Crippen LogP contribution in [-0.2, 0) is 10.3 Å². The van der Waals surface area contributed by atoms with Crippen molar-refractivity contribution >= 4 is 39.2 Å². The van der Waals surface area contributed by atoms with Crippen LogP contribution in [0.2, 0.25) is 5.02 Å². The molecule has 0 fully saturated rings. The lowest BCUT2D eigenvalue weighted by Gasteiger charge is -2.28. The molecule has 0 saturated heterocycles. The molecular formula is C15H12BrClFNO2. The minimum atomic E-state index is -1.42. The summed E-state index contributed by atoms with van der Waals surface area (Å²) >= 11 is 8.97. The van der Waals surface area contributed by atoms with Gasteiger partial charge in [-0.2, -0.15) is 0 Å². The van der Waals surface area contributed by atoms with Gasteiger partial charge < -0.3 is 10.4 Å². The first-order chi connectivity index (χ1) is 9.83. The van der Waals surface area contributed by atoms with Crippen molar-refractivity contribution in [3.05, 3.63) is 63.3 Å². The summed E-state index contributed by atoms with van der Waals surface area (Å²) in [6, 6.07) is 10.9. The van der Waals surface area contributed by atoms with Gasteiger partial charge >= 0.3 is 5.97 Å². The largest absolute Gasteiger partial charge is 0.479 e. The fourth-order valence-corrected chi connectivity index (χ4v) is 2.48. The molecule has 6 heteroatoms. The third kappa shape index (κ3) is 3.36. The molecule has 0 aliphatic heterocycles. The van der Waals surface area contributed by atoms with Gasteiger partial charge in [-0.1, -0.05) is 23.7 Å². The fourth-order valence-electron chi connectivity index (χ4n) is 1.91. The predicted molar refractivity (Wildman–Crippen MR) is 84.2 cm³/mol. The van der Waals surface area contributed by atoms with Crippen molar-refractivity contribution in [3.63, 3.8) is 0 Å². The van der Waals surface area contributed by atoms with Crippen molar-refractivity contribution in [2.75, 3.05) is 5.32 Å². The number of carbonyl (C=O) groups is 1. The van der Waals surface area contributed by atoms with E-state index in [1.807, 2.05) is 0 Å². The second kappa shape index (κ2) is 6.03. The topological polar surface area (TPSA) is 49.3 Å². The number of rotatable bonds is 4. The second-order valence-corrected chi connectivity index (χ2v) is 5.99. The summed E-state index contributed by atoms with van der Waals surface area (Å²) in [5, 5.41) is 13.0. The van der Waals surface area contributed by atoms with Crippen LogP contribution in [0.25, 0.3) is 0 Å². The number of halogens is 3. The Kier molecular flexibility index (Phi) is 4.54. The van der Waals surface area contributed by atoms with E-state index in [1.54, 1.807) is 24.3 Å². The summed E-state index contributed by atoms with van der Waals surface area (Å²) in [7, 11) is 0. The molecule has 0 aliphatic rings. The molecule has 0 bridgehead atoms. The van der Waals surface area contributed by atoms with Gasteiger partial charge in [-0.25, -0.2) is 9.18 Å². The van der Waals surface area contributed by atoms with E-state index >= 15 is 0 Å². The van der Waals surface area contributed by atoms with Crippen molar-refractivity contribution in [2.24, 2.45) is 0 Å². The quantitative estimate of drug-likeness (QED) is 0.821. The highest BCUT2D eigenvalue weighted by molar-refractivity contribution is 9.10. The molecule has 110 valence electrons. The molecule has 2 aromatic rings. The molecule has 0 saturated carbocycles. The van der Waals surface area contributed by atoms with E-state index in [0.29, 0.717) is 16.3 Å². The van der Waals surface area contributed by atoms with E-state index in [1.165, 1.54) is 25.1 Å². The minimum absolute atomic E-state index is 0.209. The highest BCUT2D eigenvalue weighted by Crippen LogP contribution is 2.30. The molecule has 1 atom stereocenters. The zero-order chi connectivity index (χ0) is 15.6. The van der Waals surface area contributed by atoms with E-state index in [4.69, 9.17) is 11.6 Å². The van der Waals surface area contributed by atoms with Gasteiger partial charge in [-0.15, -0.1) is 0 Å². The first-order valence-electron chi connectivity index (χ1n) is 6.05. The van der Waals surface area contributed by atoms with Gasteiger partial charge in [0, 0.05) is 10.7 Å². The lowest BCUT2D eigenvalue weighted by Crippen LogP contribution is -2.40. The van der Waals surface area contributed by atoms with E-state index < -0.39 is 17.3 Å². The average Bonchev–Trinajstić information content (AvgIpc) is 2.41. The number of hydrogen-bond acceptors (Lipinski definition) is 2. The molecule has 3 nitrogen and oxygen atoms in total. The van der Waals surface area contributed by atoms with Crippen LogP contribution in [0, 0.1) is 5.82 Å². The molecule has 1 unspecified atom stereocenters. The molecule has 0 amide bonds. The Hall–Kier alpha value is -1.59. The Morgan fingerprint density at radius 3 is 2.62 bits per heavy atom. The van der Waals surface area contributed by atoms with Crippen LogP contribution in [0.15, 0.2) is 46.9 Å². The van der Waals surface area contributed by atoms with E-state index in [-0.39, 0.29) is 4.47 Å². The van der Waals surface area contributed by atoms with Gasteiger partial charge in [0.25, 0.3) is 0 Å². The van der Waals surface area contributed by atoms with Crippen LogP contribution in [0.4, 0.5) is 10.1 Å². The number of carboxylic acids is 1. The summed E-state index contributed by atoms with van der Waals surface area (Å²) in [5.74, 6) is -1.53. The fraction of sp³-hybridized carbons (Fsp3) is 0.133. The SMILES string of the molecule is CC(Nc1cccc(Cl)c1)(C(=O)O)c1ccc(F)c(Br)c1. The van der Waals surface area contributed by atoms with Gasteiger partial charge in [-0.05, 0) is 58.7 Å². The Labute approximate surface area is 134 Å². The standard InChI is InChI=1S/C15H12BrClFNO2/c1-15(14(20)21,9-5-6-13(18)12(16)7-9)19-11-4-2-3-10(17)8-11/h2-8,19H,1H3,(H,20,21). The third-order valence-electron chi connectivity index (χ3n) is 3.14. The highest BCUT2D eigenvalue weighted by atomic mass is 79.9. The number of hydrogen-bond donors (Lipinski definition) is 2. The van der Waals surface area contributed by atoms with Gasteiger partial charge in [-0.3, -0.25) is 0 Å². The van der Waals surface area contributed by atoms with Gasteiger partial charge in [0.05, 0.1) is 4.47 Å². The van der Waals surface area contributed by atoms with Crippen molar-refractivity contribution in [1.82, 2.24) is 0 Å². The summed E-state index contributed by atoms with van der Waals surface area (Å²) in [6.07, 6.45) is 0. The molecule has 21 heavy (non-hydrogen) atoms. The van der Waals surface area contributed by atoms with Crippen LogP contribution < -0.4 is 5.32 Å². The smallest absolute Gasteiger partial charge is 0.333 e. The van der Waals surface area contributed by atoms with Crippen molar-refractivity contribution in [1.29, 1.82) is 0 Å².